The fourth-order valence-electron chi connectivity index (χ4n) is 2.92. The van der Waals surface area contributed by atoms with Crippen LogP contribution in [0.1, 0.15) is 57.2 Å². The van der Waals surface area contributed by atoms with Gasteiger partial charge in [-0.2, -0.15) is 0 Å². The highest BCUT2D eigenvalue weighted by Crippen LogP contribution is 2.39. The van der Waals surface area contributed by atoms with E-state index in [0.29, 0.717) is 6.42 Å². The minimum Gasteiger partial charge on any atom is -0.392 e. The summed E-state index contributed by atoms with van der Waals surface area (Å²) in [6, 6.07) is 4.19. The number of hydrogen-bond donors (Lipinski definition) is 1. The SMILES string of the molecule is CCc1ccc(CC(O)C2(C)CCCCC2)nc1. The molecule has 1 N–H and O–H groups in total. The molecular weight excluding hydrogens is 222 g/mol. The van der Waals surface area contributed by atoms with Crippen LogP contribution in [0.15, 0.2) is 18.3 Å². The molecule has 1 aromatic rings. The third-order valence-corrected chi connectivity index (χ3v) is 4.50. The summed E-state index contributed by atoms with van der Waals surface area (Å²) < 4.78 is 0. The van der Waals surface area contributed by atoms with Crippen LogP contribution in [0, 0.1) is 5.41 Å². The zero-order valence-electron chi connectivity index (χ0n) is 11.7. The largest absolute Gasteiger partial charge is 0.392 e. The van der Waals surface area contributed by atoms with E-state index in [9.17, 15) is 5.11 Å². The van der Waals surface area contributed by atoms with Gasteiger partial charge in [0.15, 0.2) is 0 Å². The van der Waals surface area contributed by atoms with Crippen LogP contribution < -0.4 is 0 Å². The zero-order chi connectivity index (χ0) is 13.0. The van der Waals surface area contributed by atoms with Crippen molar-refractivity contribution < 1.29 is 5.11 Å². The zero-order valence-corrected chi connectivity index (χ0v) is 11.7. The summed E-state index contributed by atoms with van der Waals surface area (Å²) in [6.45, 7) is 4.37. The van der Waals surface area contributed by atoms with Gasteiger partial charge in [-0.05, 0) is 36.3 Å². The van der Waals surface area contributed by atoms with Gasteiger partial charge in [0.2, 0.25) is 0 Å². The van der Waals surface area contributed by atoms with E-state index < -0.39 is 0 Å². The van der Waals surface area contributed by atoms with E-state index in [1.165, 1.54) is 24.8 Å². The molecule has 2 heteroatoms. The topological polar surface area (TPSA) is 33.1 Å². The van der Waals surface area contributed by atoms with Crippen molar-refractivity contribution in [1.29, 1.82) is 0 Å². The fourth-order valence-corrected chi connectivity index (χ4v) is 2.92. The standard InChI is InChI=1S/C16H25NO/c1-3-13-7-8-14(17-12-13)11-15(18)16(2)9-5-4-6-10-16/h7-8,12,15,18H,3-6,9-11H2,1-2H3. The maximum atomic E-state index is 10.5. The normalized spacial score (nSPS) is 20.6. The van der Waals surface area contributed by atoms with Crippen LogP contribution in [-0.4, -0.2) is 16.2 Å². The number of aryl methyl sites for hydroxylation is 1. The van der Waals surface area contributed by atoms with E-state index in [1.54, 1.807) is 0 Å². The van der Waals surface area contributed by atoms with Gasteiger partial charge < -0.3 is 5.11 Å². The number of pyridine rings is 1. The predicted octanol–water partition coefficient (Wildman–Crippen LogP) is 3.52. The first-order valence-electron chi connectivity index (χ1n) is 7.26. The van der Waals surface area contributed by atoms with E-state index in [1.807, 2.05) is 6.20 Å². The Kier molecular flexibility index (Phi) is 4.39. The molecular formula is C16H25NO. The van der Waals surface area contributed by atoms with Crippen molar-refractivity contribution in [1.82, 2.24) is 4.98 Å². The highest BCUT2D eigenvalue weighted by molar-refractivity contribution is 5.14. The molecule has 100 valence electrons. The number of hydrogen-bond acceptors (Lipinski definition) is 2. The third kappa shape index (κ3) is 3.11. The third-order valence-electron chi connectivity index (χ3n) is 4.50. The molecule has 0 aromatic carbocycles. The molecule has 1 aliphatic rings. The quantitative estimate of drug-likeness (QED) is 0.883. The molecule has 2 rings (SSSR count). The molecule has 1 fully saturated rings. The van der Waals surface area contributed by atoms with Crippen LogP contribution in [-0.2, 0) is 12.8 Å². The van der Waals surface area contributed by atoms with Crippen molar-refractivity contribution in [2.24, 2.45) is 5.41 Å². The Bertz CT molecular complexity index is 365. The second kappa shape index (κ2) is 5.83. The highest BCUT2D eigenvalue weighted by Gasteiger charge is 2.34. The van der Waals surface area contributed by atoms with Crippen molar-refractivity contribution in [2.75, 3.05) is 0 Å². The van der Waals surface area contributed by atoms with Gasteiger partial charge in [-0.25, -0.2) is 0 Å². The molecule has 0 spiro atoms. The Morgan fingerprint density at radius 2 is 2.00 bits per heavy atom. The molecule has 1 heterocycles. The molecule has 1 unspecified atom stereocenters. The lowest BCUT2D eigenvalue weighted by atomic mass is 9.70. The van der Waals surface area contributed by atoms with Gasteiger partial charge in [0.25, 0.3) is 0 Å². The lowest BCUT2D eigenvalue weighted by molar-refractivity contribution is 0.00978. The van der Waals surface area contributed by atoms with Crippen molar-refractivity contribution in [3.63, 3.8) is 0 Å². The fraction of sp³-hybridized carbons (Fsp3) is 0.688. The van der Waals surface area contributed by atoms with E-state index in [0.717, 1.165) is 25.0 Å². The summed E-state index contributed by atoms with van der Waals surface area (Å²) in [5.41, 5.74) is 2.38. The summed E-state index contributed by atoms with van der Waals surface area (Å²) in [4.78, 5) is 4.46. The number of aliphatic hydroxyl groups is 1. The molecule has 1 saturated carbocycles. The minimum absolute atomic E-state index is 0.101. The Morgan fingerprint density at radius 1 is 1.28 bits per heavy atom. The molecule has 0 amide bonds. The molecule has 2 nitrogen and oxygen atoms in total. The van der Waals surface area contributed by atoms with Gasteiger partial charge in [0.05, 0.1) is 6.10 Å². The maximum absolute atomic E-state index is 10.5. The summed E-state index contributed by atoms with van der Waals surface area (Å²) in [5.74, 6) is 0. The van der Waals surface area contributed by atoms with E-state index in [4.69, 9.17) is 0 Å². The molecule has 1 aromatic heterocycles. The Labute approximate surface area is 110 Å². The smallest absolute Gasteiger partial charge is 0.0649 e. The molecule has 1 aliphatic carbocycles. The molecule has 0 saturated heterocycles. The maximum Gasteiger partial charge on any atom is 0.0649 e. The van der Waals surface area contributed by atoms with Crippen LogP contribution in [0.3, 0.4) is 0 Å². The van der Waals surface area contributed by atoms with Gasteiger partial charge >= 0.3 is 0 Å². The van der Waals surface area contributed by atoms with Crippen molar-refractivity contribution in [3.05, 3.63) is 29.6 Å². The van der Waals surface area contributed by atoms with E-state index >= 15 is 0 Å². The van der Waals surface area contributed by atoms with Gasteiger partial charge in [0, 0.05) is 18.3 Å². The monoisotopic (exact) mass is 247 g/mol. The van der Waals surface area contributed by atoms with Crippen molar-refractivity contribution in [2.45, 2.75) is 64.9 Å². The van der Waals surface area contributed by atoms with E-state index in [-0.39, 0.29) is 11.5 Å². The Morgan fingerprint density at radius 3 is 2.56 bits per heavy atom. The number of aliphatic hydroxyl groups excluding tert-OH is 1. The number of nitrogens with zero attached hydrogens (tertiary/aromatic N) is 1. The molecule has 0 radical (unpaired) electrons. The lowest BCUT2D eigenvalue weighted by Crippen LogP contribution is -2.36. The summed E-state index contributed by atoms with van der Waals surface area (Å²) in [7, 11) is 0. The minimum atomic E-state index is -0.252. The molecule has 0 bridgehead atoms. The van der Waals surface area contributed by atoms with Gasteiger partial charge in [-0.3, -0.25) is 4.98 Å². The van der Waals surface area contributed by atoms with Crippen LogP contribution in [0.2, 0.25) is 0 Å². The first kappa shape index (κ1) is 13.5. The lowest BCUT2D eigenvalue weighted by Gasteiger charge is -2.37. The first-order chi connectivity index (χ1) is 8.64. The van der Waals surface area contributed by atoms with Crippen LogP contribution >= 0.6 is 0 Å². The average molecular weight is 247 g/mol. The first-order valence-corrected chi connectivity index (χ1v) is 7.26. The number of rotatable bonds is 4. The summed E-state index contributed by atoms with van der Waals surface area (Å²) in [5, 5.41) is 10.5. The van der Waals surface area contributed by atoms with Gasteiger partial charge in [-0.1, -0.05) is 39.2 Å². The van der Waals surface area contributed by atoms with Crippen molar-refractivity contribution in [3.8, 4) is 0 Å². The number of aromatic nitrogens is 1. The van der Waals surface area contributed by atoms with Gasteiger partial charge in [-0.15, -0.1) is 0 Å². The highest BCUT2D eigenvalue weighted by atomic mass is 16.3. The summed E-state index contributed by atoms with van der Waals surface area (Å²) in [6.07, 6.45) is 9.55. The van der Waals surface area contributed by atoms with Crippen LogP contribution in [0.4, 0.5) is 0 Å². The average Bonchev–Trinajstić information content (AvgIpc) is 2.40. The molecule has 0 aliphatic heterocycles. The Hall–Kier alpha value is -0.890. The van der Waals surface area contributed by atoms with Gasteiger partial charge in [0.1, 0.15) is 0 Å². The van der Waals surface area contributed by atoms with Crippen LogP contribution in [0.25, 0.3) is 0 Å². The second-order valence-electron chi connectivity index (χ2n) is 5.95. The Balaban J connectivity index is 1.98. The van der Waals surface area contributed by atoms with E-state index in [2.05, 4.69) is 31.0 Å². The second-order valence-corrected chi connectivity index (χ2v) is 5.95. The summed E-state index contributed by atoms with van der Waals surface area (Å²) >= 11 is 0. The van der Waals surface area contributed by atoms with Crippen LogP contribution in [0.5, 0.6) is 0 Å². The molecule has 1 atom stereocenters. The predicted molar refractivity (Wildman–Crippen MR) is 74.5 cm³/mol. The van der Waals surface area contributed by atoms with Crippen molar-refractivity contribution >= 4 is 0 Å². The molecule has 18 heavy (non-hydrogen) atoms.